The molecule has 0 bridgehead atoms. The molecule has 0 atom stereocenters. The maximum Gasteiger partial charge on any atom is 0.448 e. The van der Waals surface area contributed by atoms with Crippen molar-refractivity contribution in [3.8, 4) is 0 Å². The van der Waals surface area contributed by atoms with Crippen LogP contribution in [0.25, 0.3) is 5.53 Å². The Kier molecular flexibility index (Phi) is 8.49. The number of nitrogens with zero attached hydrogens (tertiary/aromatic N) is 2. The predicted octanol–water partition coefficient (Wildman–Crippen LogP) is 4.56. The highest BCUT2D eigenvalue weighted by Crippen LogP contribution is 2.33. The van der Waals surface area contributed by atoms with Gasteiger partial charge in [0.15, 0.2) is 0 Å². The van der Waals surface area contributed by atoms with Crippen molar-refractivity contribution in [3.05, 3.63) is 5.53 Å². The Labute approximate surface area is 153 Å². The molecule has 0 aromatic rings. The minimum Gasteiger partial charge on any atom is -0.360 e. The number of ketones is 1. The molecule has 0 aliphatic heterocycles. The van der Waals surface area contributed by atoms with E-state index in [1.54, 1.807) is 20.8 Å². The number of carbonyl (C=O) groups is 1. The quantitative estimate of drug-likeness (QED) is 0.206. The summed E-state index contributed by atoms with van der Waals surface area (Å²) in [6, 6.07) is 0. The Balaban J connectivity index is 2.60. The van der Waals surface area contributed by atoms with E-state index in [1.165, 1.54) is 38.5 Å². The molecule has 0 amide bonds. The molecule has 1 aliphatic carbocycles. The summed E-state index contributed by atoms with van der Waals surface area (Å²) >= 11 is 0. The highest BCUT2D eigenvalue weighted by molar-refractivity contribution is 8.08. The van der Waals surface area contributed by atoms with Gasteiger partial charge in [-0.3, -0.25) is 4.79 Å². The van der Waals surface area contributed by atoms with Crippen molar-refractivity contribution >= 4 is 20.7 Å². The predicted molar refractivity (Wildman–Crippen MR) is 101 cm³/mol. The first-order chi connectivity index (χ1) is 11.6. The summed E-state index contributed by atoms with van der Waals surface area (Å²) in [5.74, 6) is -0.0334. The van der Waals surface area contributed by atoms with E-state index in [0.717, 1.165) is 12.8 Å². The van der Waals surface area contributed by atoms with Gasteiger partial charge in [-0.15, -0.1) is 4.79 Å². The zero-order valence-electron chi connectivity index (χ0n) is 16.3. The lowest BCUT2D eigenvalue weighted by Crippen LogP contribution is -2.41. The average molecular weight is 371 g/mol. The van der Waals surface area contributed by atoms with E-state index in [1.807, 2.05) is 0 Å². The lowest BCUT2D eigenvalue weighted by Gasteiger charge is -2.27. The van der Waals surface area contributed by atoms with Gasteiger partial charge >= 0.3 is 5.04 Å². The number of carbonyl (C=O) groups excluding carboxylic acids is 1. The molecule has 0 saturated heterocycles. The van der Waals surface area contributed by atoms with Gasteiger partial charge in [0, 0.05) is 5.41 Å². The van der Waals surface area contributed by atoms with E-state index in [2.05, 4.69) is 11.7 Å². The molecule has 0 aromatic heterocycles. The SMILES string of the molecule is CCCCCCCC1CCC(S(=O)(=O)C(=[N+]=[N-])C(=O)C(C)(C)C)CC1. The third kappa shape index (κ3) is 6.34. The second-order valence-electron chi connectivity index (χ2n) is 8.37. The fraction of sp³-hybridized carbons (Fsp3) is 0.895. The lowest BCUT2D eigenvalue weighted by molar-refractivity contribution is -0.123. The number of unbranched alkanes of at least 4 members (excludes halogenated alkanes) is 4. The van der Waals surface area contributed by atoms with Gasteiger partial charge < -0.3 is 5.53 Å². The zero-order valence-corrected chi connectivity index (χ0v) is 17.1. The van der Waals surface area contributed by atoms with Gasteiger partial charge in [0.05, 0.1) is 5.25 Å². The monoisotopic (exact) mass is 370 g/mol. The molecule has 1 rings (SSSR count). The van der Waals surface area contributed by atoms with Gasteiger partial charge in [0.1, 0.15) is 0 Å². The van der Waals surface area contributed by atoms with Gasteiger partial charge in [-0.2, -0.15) is 0 Å². The number of Topliss-reactive ketones (excluding diaryl/α,β-unsaturated/α-hetero) is 1. The summed E-state index contributed by atoms with van der Waals surface area (Å²) in [5, 5.41) is -1.26. The molecule has 0 heterocycles. The van der Waals surface area contributed by atoms with Crippen LogP contribution in [0.15, 0.2) is 0 Å². The summed E-state index contributed by atoms with van der Waals surface area (Å²) in [7, 11) is -3.86. The fourth-order valence-electron chi connectivity index (χ4n) is 3.48. The van der Waals surface area contributed by atoms with E-state index < -0.39 is 31.3 Å². The number of hydrogen-bond donors (Lipinski definition) is 0. The Bertz CT molecular complexity index is 591. The smallest absolute Gasteiger partial charge is 0.360 e. The first-order valence-electron chi connectivity index (χ1n) is 9.65. The van der Waals surface area contributed by atoms with Gasteiger partial charge in [0.25, 0.3) is 15.6 Å². The molecule has 0 spiro atoms. The lowest BCUT2D eigenvalue weighted by atomic mass is 9.85. The third-order valence-electron chi connectivity index (χ3n) is 5.18. The summed E-state index contributed by atoms with van der Waals surface area (Å²) in [6.45, 7) is 7.10. The molecule has 25 heavy (non-hydrogen) atoms. The van der Waals surface area contributed by atoms with Crippen molar-refractivity contribution in [1.29, 1.82) is 0 Å². The van der Waals surface area contributed by atoms with E-state index >= 15 is 0 Å². The molecule has 1 saturated carbocycles. The van der Waals surface area contributed by atoms with Crippen LogP contribution in [-0.4, -0.2) is 29.3 Å². The molecule has 144 valence electrons. The first-order valence-corrected chi connectivity index (χ1v) is 11.2. The summed E-state index contributed by atoms with van der Waals surface area (Å²) in [4.78, 5) is 15.2. The average Bonchev–Trinajstić information content (AvgIpc) is 2.54. The normalized spacial score (nSPS) is 21.6. The molecule has 0 radical (unpaired) electrons. The van der Waals surface area contributed by atoms with Gasteiger partial charge in [0.2, 0.25) is 0 Å². The highest BCUT2D eigenvalue weighted by atomic mass is 32.2. The van der Waals surface area contributed by atoms with Crippen molar-refractivity contribution in [2.24, 2.45) is 11.3 Å². The van der Waals surface area contributed by atoms with Gasteiger partial charge in [-0.25, -0.2) is 8.42 Å². The molecular weight excluding hydrogens is 336 g/mol. The maximum atomic E-state index is 12.7. The topological polar surface area (TPSA) is 87.6 Å². The standard InChI is InChI=1S/C19H34N2O3S/c1-5-6-7-8-9-10-15-11-13-16(14-12-15)25(23,24)18(21-20)17(22)19(2,3)4/h15-16H,5-14H2,1-4H3. The minimum atomic E-state index is -3.86. The third-order valence-corrected chi connectivity index (χ3v) is 7.34. The van der Waals surface area contributed by atoms with Crippen molar-refractivity contribution in [3.63, 3.8) is 0 Å². The van der Waals surface area contributed by atoms with Crippen LogP contribution < -0.4 is 0 Å². The Morgan fingerprint density at radius 2 is 1.60 bits per heavy atom. The Hall–Kier alpha value is -1.00. The number of hydrogen-bond acceptors (Lipinski definition) is 3. The summed E-state index contributed by atoms with van der Waals surface area (Å²) < 4.78 is 25.5. The second kappa shape index (κ2) is 9.63. The number of rotatable bonds is 8. The Morgan fingerprint density at radius 1 is 1.04 bits per heavy atom. The zero-order chi connectivity index (χ0) is 19.1. The van der Waals surface area contributed by atoms with Crippen molar-refractivity contribution in [1.82, 2.24) is 0 Å². The van der Waals surface area contributed by atoms with E-state index in [9.17, 15) is 13.2 Å². The molecule has 0 unspecified atom stereocenters. The van der Waals surface area contributed by atoms with Crippen LogP contribution in [-0.2, 0) is 14.6 Å². The van der Waals surface area contributed by atoms with E-state index in [4.69, 9.17) is 5.53 Å². The Morgan fingerprint density at radius 3 is 2.08 bits per heavy atom. The fourth-order valence-corrected chi connectivity index (χ4v) is 5.36. The summed E-state index contributed by atoms with van der Waals surface area (Å²) in [6.07, 6.45) is 10.3. The second-order valence-corrected chi connectivity index (χ2v) is 10.5. The van der Waals surface area contributed by atoms with Crippen LogP contribution in [0.5, 0.6) is 0 Å². The number of sulfone groups is 1. The molecule has 0 aromatic carbocycles. The van der Waals surface area contributed by atoms with Gasteiger partial charge in [-0.1, -0.05) is 66.2 Å². The van der Waals surface area contributed by atoms with Crippen molar-refractivity contribution < 1.29 is 18.0 Å². The minimum absolute atomic E-state index is 0.554. The van der Waals surface area contributed by atoms with Crippen LogP contribution in [0.1, 0.15) is 91.9 Å². The molecular formula is C19H34N2O3S. The molecule has 6 heteroatoms. The summed E-state index contributed by atoms with van der Waals surface area (Å²) in [5.41, 5.74) is 8.27. The molecule has 1 fully saturated rings. The highest BCUT2D eigenvalue weighted by Gasteiger charge is 2.46. The van der Waals surface area contributed by atoms with E-state index in [0.29, 0.717) is 18.8 Å². The van der Waals surface area contributed by atoms with Crippen molar-refractivity contribution in [2.45, 2.75) is 97.2 Å². The largest absolute Gasteiger partial charge is 0.448 e. The van der Waals surface area contributed by atoms with Gasteiger partial charge in [-0.05, 0) is 31.6 Å². The molecule has 0 N–H and O–H groups in total. The van der Waals surface area contributed by atoms with Crippen molar-refractivity contribution in [2.75, 3.05) is 0 Å². The first kappa shape index (κ1) is 22.0. The molecule has 1 aliphatic rings. The van der Waals surface area contributed by atoms with Crippen LogP contribution in [0.2, 0.25) is 0 Å². The van der Waals surface area contributed by atoms with Crippen LogP contribution in [0.3, 0.4) is 0 Å². The van der Waals surface area contributed by atoms with Crippen LogP contribution in [0, 0.1) is 11.3 Å². The van der Waals surface area contributed by atoms with Crippen LogP contribution in [0.4, 0.5) is 0 Å². The molecule has 5 nitrogen and oxygen atoms in total. The van der Waals surface area contributed by atoms with Crippen LogP contribution >= 0.6 is 0 Å². The van der Waals surface area contributed by atoms with E-state index in [-0.39, 0.29) is 0 Å². The maximum absolute atomic E-state index is 12.7.